The van der Waals surface area contributed by atoms with Crippen molar-refractivity contribution >= 4 is 5.91 Å². The van der Waals surface area contributed by atoms with Crippen molar-refractivity contribution in [3.05, 3.63) is 53.3 Å². The van der Waals surface area contributed by atoms with Crippen LogP contribution in [0.1, 0.15) is 34.6 Å². The third-order valence-electron chi connectivity index (χ3n) is 3.61. The molecule has 112 valence electrons. The quantitative estimate of drug-likeness (QED) is 0.801. The van der Waals surface area contributed by atoms with E-state index in [0.717, 1.165) is 35.5 Å². The van der Waals surface area contributed by atoms with Gasteiger partial charge < -0.3 is 15.6 Å². The van der Waals surface area contributed by atoms with Crippen LogP contribution in [0.2, 0.25) is 0 Å². The van der Waals surface area contributed by atoms with Gasteiger partial charge in [0.2, 0.25) is 0 Å². The number of carbonyl (C=O) groups is 1. The highest BCUT2D eigenvalue weighted by Crippen LogP contribution is 2.20. The van der Waals surface area contributed by atoms with Crippen molar-refractivity contribution in [1.82, 2.24) is 9.88 Å². The summed E-state index contributed by atoms with van der Waals surface area (Å²) in [5, 5.41) is 2.96. The summed E-state index contributed by atoms with van der Waals surface area (Å²) in [6.45, 7) is 5.34. The molecule has 1 aromatic carbocycles. The third kappa shape index (κ3) is 3.52. The number of aromatic nitrogens is 1. The molecule has 0 saturated carbocycles. The second-order valence-corrected chi connectivity index (χ2v) is 5.21. The molecule has 0 atom stereocenters. The van der Waals surface area contributed by atoms with Crippen molar-refractivity contribution in [3.8, 4) is 5.69 Å². The minimum atomic E-state index is -0.0118. The first-order valence-corrected chi connectivity index (χ1v) is 7.37. The maximum Gasteiger partial charge on any atom is 0.253 e. The normalized spacial score (nSPS) is 10.6. The monoisotopic (exact) mass is 285 g/mol. The molecular weight excluding hydrogens is 262 g/mol. The van der Waals surface area contributed by atoms with E-state index in [1.807, 2.05) is 50.2 Å². The summed E-state index contributed by atoms with van der Waals surface area (Å²) in [6.07, 6.45) is 1.85. The van der Waals surface area contributed by atoms with Crippen molar-refractivity contribution in [2.45, 2.75) is 26.7 Å². The van der Waals surface area contributed by atoms with Gasteiger partial charge in [-0.1, -0.05) is 18.2 Å². The lowest BCUT2D eigenvalue weighted by atomic mass is 10.2. The fourth-order valence-corrected chi connectivity index (χ4v) is 2.53. The van der Waals surface area contributed by atoms with Gasteiger partial charge in [-0.15, -0.1) is 0 Å². The van der Waals surface area contributed by atoms with Gasteiger partial charge in [-0.25, -0.2) is 0 Å². The Hall–Kier alpha value is -2.07. The van der Waals surface area contributed by atoms with Gasteiger partial charge in [0.1, 0.15) is 0 Å². The van der Waals surface area contributed by atoms with Crippen LogP contribution in [0.25, 0.3) is 5.69 Å². The second-order valence-electron chi connectivity index (χ2n) is 5.21. The molecule has 4 nitrogen and oxygen atoms in total. The standard InChI is InChI=1S/C17H23N3O/c1-13-12-16(17(21)19-11-7-6-10-18)14(2)20(13)15-8-4-3-5-9-15/h3-5,8-9,12H,6-7,10-11,18H2,1-2H3,(H,19,21). The van der Waals surface area contributed by atoms with Gasteiger partial charge in [0.05, 0.1) is 5.56 Å². The van der Waals surface area contributed by atoms with Gasteiger partial charge in [-0.2, -0.15) is 0 Å². The number of nitrogens with two attached hydrogens (primary N) is 1. The summed E-state index contributed by atoms with van der Waals surface area (Å²) in [7, 11) is 0. The Balaban J connectivity index is 2.17. The summed E-state index contributed by atoms with van der Waals surface area (Å²) < 4.78 is 2.11. The van der Waals surface area contributed by atoms with Crippen molar-refractivity contribution in [2.24, 2.45) is 5.73 Å². The van der Waals surface area contributed by atoms with E-state index >= 15 is 0 Å². The molecule has 0 spiro atoms. The van der Waals surface area contributed by atoms with Gasteiger partial charge >= 0.3 is 0 Å². The van der Waals surface area contributed by atoms with E-state index < -0.39 is 0 Å². The number of rotatable bonds is 6. The molecule has 0 fully saturated rings. The molecule has 1 aromatic heterocycles. The van der Waals surface area contributed by atoms with Crippen LogP contribution in [-0.4, -0.2) is 23.6 Å². The first-order chi connectivity index (χ1) is 10.1. The highest BCUT2D eigenvalue weighted by molar-refractivity contribution is 5.95. The number of aryl methyl sites for hydroxylation is 1. The van der Waals surface area contributed by atoms with Crippen molar-refractivity contribution < 1.29 is 4.79 Å². The van der Waals surface area contributed by atoms with Gasteiger partial charge in [0.25, 0.3) is 5.91 Å². The molecule has 0 saturated heterocycles. The zero-order chi connectivity index (χ0) is 15.2. The summed E-state index contributed by atoms with van der Waals surface area (Å²) in [4.78, 5) is 12.3. The van der Waals surface area contributed by atoms with Crippen LogP contribution in [0.5, 0.6) is 0 Å². The van der Waals surface area contributed by atoms with Crippen LogP contribution in [0, 0.1) is 13.8 Å². The number of para-hydroxylation sites is 1. The Labute approximate surface area is 126 Å². The molecule has 3 N–H and O–H groups in total. The predicted octanol–water partition coefficient (Wildman–Crippen LogP) is 2.56. The van der Waals surface area contributed by atoms with E-state index in [1.165, 1.54) is 0 Å². The fraction of sp³-hybridized carbons (Fsp3) is 0.353. The first-order valence-electron chi connectivity index (χ1n) is 7.37. The maximum absolute atomic E-state index is 12.3. The third-order valence-corrected chi connectivity index (χ3v) is 3.61. The van der Waals surface area contributed by atoms with Gasteiger partial charge in [-0.05, 0) is 51.4 Å². The van der Waals surface area contributed by atoms with Gasteiger partial charge in [-0.3, -0.25) is 4.79 Å². The molecule has 0 unspecified atom stereocenters. The van der Waals surface area contributed by atoms with E-state index in [1.54, 1.807) is 0 Å². The average molecular weight is 285 g/mol. The van der Waals surface area contributed by atoms with Crippen molar-refractivity contribution in [3.63, 3.8) is 0 Å². The van der Waals surface area contributed by atoms with Crippen LogP contribution < -0.4 is 11.1 Å². The van der Waals surface area contributed by atoms with Crippen LogP contribution in [0.3, 0.4) is 0 Å². The molecule has 0 aliphatic heterocycles. The van der Waals surface area contributed by atoms with Crippen LogP contribution in [-0.2, 0) is 0 Å². The zero-order valence-corrected chi connectivity index (χ0v) is 12.7. The summed E-state index contributed by atoms with van der Waals surface area (Å²) in [5.41, 5.74) is 9.30. The summed E-state index contributed by atoms with van der Waals surface area (Å²) in [6, 6.07) is 12.0. The Morgan fingerprint density at radius 1 is 1.19 bits per heavy atom. The van der Waals surface area contributed by atoms with E-state index in [9.17, 15) is 4.79 Å². The topological polar surface area (TPSA) is 60.1 Å². The lowest BCUT2D eigenvalue weighted by Gasteiger charge is -2.10. The number of nitrogens with one attached hydrogen (secondary N) is 1. The molecule has 0 bridgehead atoms. The van der Waals surface area contributed by atoms with Crippen LogP contribution in [0.4, 0.5) is 0 Å². The Bertz CT molecular complexity index is 602. The van der Waals surface area contributed by atoms with Crippen molar-refractivity contribution in [1.29, 1.82) is 0 Å². The Morgan fingerprint density at radius 3 is 2.57 bits per heavy atom. The molecule has 2 aromatic rings. The minimum absolute atomic E-state index is 0.0118. The highest BCUT2D eigenvalue weighted by Gasteiger charge is 2.15. The van der Waals surface area contributed by atoms with Crippen LogP contribution in [0.15, 0.2) is 36.4 Å². The van der Waals surface area contributed by atoms with Gasteiger partial charge in [0.15, 0.2) is 0 Å². The minimum Gasteiger partial charge on any atom is -0.352 e. The number of hydrogen-bond acceptors (Lipinski definition) is 2. The molecule has 1 heterocycles. The zero-order valence-electron chi connectivity index (χ0n) is 12.7. The fourth-order valence-electron chi connectivity index (χ4n) is 2.53. The molecule has 1 amide bonds. The first kappa shape index (κ1) is 15.3. The van der Waals surface area contributed by atoms with Gasteiger partial charge in [0, 0.05) is 23.6 Å². The maximum atomic E-state index is 12.3. The summed E-state index contributed by atoms with van der Waals surface area (Å²) >= 11 is 0. The molecule has 0 aliphatic carbocycles. The van der Waals surface area contributed by atoms with E-state index in [2.05, 4.69) is 9.88 Å². The number of nitrogens with zero attached hydrogens (tertiary/aromatic N) is 1. The molecular formula is C17H23N3O. The SMILES string of the molecule is Cc1cc(C(=O)NCCCCN)c(C)n1-c1ccccc1. The number of carbonyl (C=O) groups excluding carboxylic acids is 1. The predicted molar refractivity (Wildman–Crippen MR) is 85.9 cm³/mol. The molecule has 21 heavy (non-hydrogen) atoms. The van der Waals surface area contributed by atoms with Crippen molar-refractivity contribution in [2.75, 3.05) is 13.1 Å². The molecule has 0 radical (unpaired) electrons. The molecule has 0 aliphatic rings. The molecule has 4 heteroatoms. The number of benzene rings is 1. The van der Waals surface area contributed by atoms with E-state index in [0.29, 0.717) is 13.1 Å². The Morgan fingerprint density at radius 2 is 1.90 bits per heavy atom. The smallest absolute Gasteiger partial charge is 0.253 e. The van der Waals surface area contributed by atoms with E-state index in [4.69, 9.17) is 5.73 Å². The number of unbranched alkanes of at least 4 members (excludes halogenated alkanes) is 1. The van der Waals surface area contributed by atoms with Crippen LogP contribution >= 0.6 is 0 Å². The largest absolute Gasteiger partial charge is 0.352 e. The summed E-state index contributed by atoms with van der Waals surface area (Å²) in [5.74, 6) is -0.0118. The average Bonchev–Trinajstić information content (AvgIpc) is 2.79. The number of hydrogen-bond donors (Lipinski definition) is 2. The Kier molecular flexibility index (Phi) is 5.17. The molecule has 2 rings (SSSR count). The lowest BCUT2D eigenvalue weighted by Crippen LogP contribution is -2.25. The highest BCUT2D eigenvalue weighted by atomic mass is 16.1. The second kappa shape index (κ2) is 7.09. The lowest BCUT2D eigenvalue weighted by molar-refractivity contribution is 0.0952. The number of amides is 1. The van der Waals surface area contributed by atoms with E-state index in [-0.39, 0.29) is 5.91 Å².